The SMILES string of the molecule is COc1ccc(Nc2cnc(C(=O)NCCc3ccccc3)cn2)c(OC)c1. The van der Waals surface area contributed by atoms with Crippen molar-refractivity contribution in [2.75, 3.05) is 26.1 Å². The molecule has 28 heavy (non-hydrogen) atoms. The number of amides is 1. The fourth-order valence-corrected chi connectivity index (χ4v) is 2.61. The van der Waals surface area contributed by atoms with E-state index in [0.717, 1.165) is 12.1 Å². The molecule has 0 saturated heterocycles. The Labute approximate surface area is 163 Å². The highest BCUT2D eigenvalue weighted by Crippen LogP contribution is 2.30. The number of aromatic nitrogens is 2. The van der Waals surface area contributed by atoms with Crippen LogP contribution in [0.25, 0.3) is 0 Å². The number of methoxy groups -OCH3 is 2. The molecule has 0 atom stereocenters. The summed E-state index contributed by atoms with van der Waals surface area (Å²) in [6.45, 7) is 0.535. The van der Waals surface area contributed by atoms with Crippen molar-refractivity contribution < 1.29 is 14.3 Å². The standard InChI is InChI=1S/C21H22N4O3/c1-27-16-8-9-17(19(12-16)28-2)25-20-14-23-18(13-24-20)21(26)22-11-10-15-6-4-3-5-7-15/h3-9,12-14H,10-11H2,1-2H3,(H,22,26)(H,24,25). The van der Waals surface area contributed by atoms with E-state index in [1.807, 2.05) is 42.5 Å². The van der Waals surface area contributed by atoms with Crippen LogP contribution in [0.1, 0.15) is 16.1 Å². The summed E-state index contributed by atoms with van der Waals surface area (Å²) in [4.78, 5) is 20.7. The molecule has 144 valence electrons. The topological polar surface area (TPSA) is 85.4 Å². The lowest BCUT2D eigenvalue weighted by Gasteiger charge is -2.12. The van der Waals surface area contributed by atoms with Crippen molar-refractivity contribution in [2.24, 2.45) is 0 Å². The predicted octanol–water partition coefficient (Wildman–Crippen LogP) is 3.21. The third-order valence-electron chi connectivity index (χ3n) is 4.10. The molecule has 0 aliphatic carbocycles. The molecule has 7 heteroatoms. The first-order valence-corrected chi connectivity index (χ1v) is 8.83. The summed E-state index contributed by atoms with van der Waals surface area (Å²) in [5.41, 5.74) is 2.15. The van der Waals surface area contributed by atoms with Gasteiger partial charge in [-0.3, -0.25) is 4.79 Å². The molecule has 0 radical (unpaired) electrons. The van der Waals surface area contributed by atoms with Crippen LogP contribution in [0.3, 0.4) is 0 Å². The number of hydrogen-bond donors (Lipinski definition) is 2. The van der Waals surface area contributed by atoms with Gasteiger partial charge >= 0.3 is 0 Å². The number of carbonyl (C=O) groups is 1. The summed E-state index contributed by atoms with van der Waals surface area (Å²) in [6.07, 6.45) is 3.71. The minimum absolute atomic E-state index is 0.253. The largest absolute Gasteiger partial charge is 0.497 e. The van der Waals surface area contributed by atoms with E-state index in [2.05, 4.69) is 20.6 Å². The number of anilines is 2. The second-order valence-corrected chi connectivity index (χ2v) is 5.97. The predicted molar refractivity (Wildman–Crippen MR) is 107 cm³/mol. The number of rotatable bonds is 8. The molecular formula is C21H22N4O3. The number of nitrogens with one attached hydrogen (secondary N) is 2. The molecule has 0 spiro atoms. The third kappa shape index (κ3) is 4.97. The van der Waals surface area contributed by atoms with Gasteiger partial charge < -0.3 is 20.1 Å². The van der Waals surface area contributed by atoms with Gasteiger partial charge in [0.1, 0.15) is 23.0 Å². The van der Waals surface area contributed by atoms with Crippen molar-refractivity contribution >= 4 is 17.4 Å². The summed E-state index contributed by atoms with van der Waals surface area (Å²) in [5.74, 6) is 1.56. The van der Waals surface area contributed by atoms with Gasteiger partial charge in [0, 0.05) is 12.6 Å². The lowest BCUT2D eigenvalue weighted by Crippen LogP contribution is -2.26. The molecule has 0 fully saturated rings. The normalized spacial score (nSPS) is 10.2. The molecule has 7 nitrogen and oxygen atoms in total. The highest BCUT2D eigenvalue weighted by atomic mass is 16.5. The maximum Gasteiger partial charge on any atom is 0.271 e. The van der Waals surface area contributed by atoms with Gasteiger partial charge in [-0.1, -0.05) is 30.3 Å². The summed E-state index contributed by atoms with van der Waals surface area (Å²) < 4.78 is 10.5. The summed E-state index contributed by atoms with van der Waals surface area (Å²) in [6, 6.07) is 15.4. The van der Waals surface area contributed by atoms with E-state index in [9.17, 15) is 4.79 Å². The van der Waals surface area contributed by atoms with Crippen LogP contribution in [-0.2, 0) is 6.42 Å². The van der Waals surface area contributed by atoms with E-state index < -0.39 is 0 Å². The fourth-order valence-electron chi connectivity index (χ4n) is 2.61. The summed E-state index contributed by atoms with van der Waals surface area (Å²) >= 11 is 0. The van der Waals surface area contributed by atoms with Crippen LogP contribution in [0.5, 0.6) is 11.5 Å². The van der Waals surface area contributed by atoms with E-state index >= 15 is 0 Å². The number of benzene rings is 2. The van der Waals surface area contributed by atoms with Crippen molar-refractivity contribution in [3.63, 3.8) is 0 Å². The van der Waals surface area contributed by atoms with Crippen LogP contribution in [0, 0.1) is 0 Å². The lowest BCUT2D eigenvalue weighted by atomic mass is 10.1. The number of ether oxygens (including phenoxy) is 2. The van der Waals surface area contributed by atoms with Crippen LogP contribution in [0.15, 0.2) is 60.9 Å². The average molecular weight is 378 g/mol. The van der Waals surface area contributed by atoms with Gasteiger partial charge in [0.2, 0.25) is 0 Å². The van der Waals surface area contributed by atoms with Gasteiger partial charge in [-0.15, -0.1) is 0 Å². The van der Waals surface area contributed by atoms with Gasteiger partial charge in [0.25, 0.3) is 5.91 Å². The van der Waals surface area contributed by atoms with Gasteiger partial charge in [-0.25, -0.2) is 9.97 Å². The van der Waals surface area contributed by atoms with E-state index in [1.165, 1.54) is 18.0 Å². The minimum atomic E-state index is -0.253. The Bertz CT molecular complexity index is 915. The summed E-state index contributed by atoms with van der Waals surface area (Å²) in [7, 11) is 3.17. The van der Waals surface area contributed by atoms with Crippen molar-refractivity contribution in [3.8, 4) is 11.5 Å². The molecule has 0 unspecified atom stereocenters. The molecule has 2 N–H and O–H groups in total. The fraction of sp³-hybridized carbons (Fsp3) is 0.190. The van der Waals surface area contributed by atoms with E-state index in [0.29, 0.717) is 23.9 Å². The number of nitrogens with zero attached hydrogens (tertiary/aromatic N) is 2. The smallest absolute Gasteiger partial charge is 0.271 e. The maximum atomic E-state index is 12.2. The molecule has 1 amide bonds. The monoisotopic (exact) mass is 378 g/mol. The molecule has 3 aromatic rings. The van der Waals surface area contributed by atoms with Gasteiger partial charge in [0.05, 0.1) is 32.3 Å². The number of carbonyl (C=O) groups excluding carboxylic acids is 1. The van der Waals surface area contributed by atoms with Crippen molar-refractivity contribution in [1.82, 2.24) is 15.3 Å². The molecule has 0 aliphatic heterocycles. The Morgan fingerprint density at radius 3 is 2.50 bits per heavy atom. The Kier molecular flexibility index (Phi) is 6.41. The zero-order valence-electron chi connectivity index (χ0n) is 15.8. The lowest BCUT2D eigenvalue weighted by molar-refractivity contribution is 0.0949. The van der Waals surface area contributed by atoms with Crippen LogP contribution in [0.4, 0.5) is 11.5 Å². The highest BCUT2D eigenvalue weighted by molar-refractivity contribution is 5.92. The molecule has 0 aliphatic rings. The molecular weight excluding hydrogens is 356 g/mol. The Balaban J connectivity index is 1.58. The Hall–Kier alpha value is -3.61. The first kappa shape index (κ1) is 19.2. The van der Waals surface area contributed by atoms with Crippen molar-refractivity contribution in [2.45, 2.75) is 6.42 Å². The first-order chi connectivity index (χ1) is 13.7. The molecule has 1 aromatic heterocycles. The van der Waals surface area contributed by atoms with Crippen LogP contribution >= 0.6 is 0 Å². The quantitative estimate of drug-likeness (QED) is 0.626. The Morgan fingerprint density at radius 1 is 1.00 bits per heavy atom. The Morgan fingerprint density at radius 2 is 1.82 bits per heavy atom. The van der Waals surface area contributed by atoms with Crippen molar-refractivity contribution in [1.29, 1.82) is 0 Å². The molecule has 3 rings (SSSR count). The minimum Gasteiger partial charge on any atom is -0.497 e. The highest BCUT2D eigenvalue weighted by Gasteiger charge is 2.09. The van der Waals surface area contributed by atoms with Crippen LogP contribution in [0.2, 0.25) is 0 Å². The van der Waals surface area contributed by atoms with Gasteiger partial charge in [-0.2, -0.15) is 0 Å². The van der Waals surface area contributed by atoms with Gasteiger partial charge in [0.15, 0.2) is 0 Å². The number of hydrogen-bond acceptors (Lipinski definition) is 6. The third-order valence-corrected chi connectivity index (χ3v) is 4.10. The van der Waals surface area contributed by atoms with E-state index in [1.54, 1.807) is 20.3 Å². The first-order valence-electron chi connectivity index (χ1n) is 8.83. The maximum absolute atomic E-state index is 12.2. The summed E-state index contributed by atoms with van der Waals surface area (Å²) in [5, 5.41) is 5.97. The molecule has 2 aromatic carbocycles. The molecule has 1 heterocycles. The van der Waals surface area contributed by atoms with Crippen LogP contribution < -0.4 is 20.1 Å². The second-order valence-electron chi connectivity index (χ2n) is 5.97. The van der Waals surface area contributed by atoms with E-state index in [-0.39, 0.29) is 11.6 Å². The zero-order chi connectivity index (χ0) is 19.8. The van der Waals surface area contributed by atoms with Crippen LogP contribution in [-0.4, -0.2) is 36.6 Å². The zero-order valence-corrected chi connectivity index (χ0v) is 15.8. The molecule has 0 saturated carbocycles. The van der Waals surface area contributed by atoms with Gasteiger partial charge in [-0.05, 0) is 24.1 Å². The second kappa shape index (κ2) is 9.36. The molecule has 0 bridgehead atoms. The van der Waals surface area contributed by atoms with E-state index in [4.69, 9.17) is 9.47 Å². The van der Waals surface area contributed by atoms with Crippen molar-refractivity contribution in [3.05, 3.63) is 72.2 Å². The average Bonchev–Trinajstić information content (AvgIpc) is 2.75.